The molecule has 4 heteroatoms. The van der Waals surface area contributed by atoms with E-state index in [1.165, 1.54) is 0 Å². The molecule has 0 atom stereocenters. The highest BCUT2D eigenvalue weighted by Crippen LogP contribution is 2.21. The summed E-state index contributed by atoms with van der Waals surface area (Å²) in [6.07, 6.45) is 1.78. The SMILES string of the molecule is COc1ccc(-c2cnc(Br)[nH]2)cc1. The van der Waals surface area contributed by atoms with Crippen LogP contribution in [-0.2, 0) is 0 Å². The van der Waals surface area contributed by atoms with Crippen molar-refractivity contribution < 1.29 is 4.74 Å². The number of hydrogen-bond donors (Lipinski definition) is 1. The third-order valence-corrected chi connectivity index (χ3v) is 2.35. The molecule has 0 spiro atoms. The Bertz CT molecular complexity index is 422. The molecule has 0 aliphatic carbocycles. The second kappa shape index (κ2) is 3.84. The second-order valence-corrected chi connectivity index (χ2v) is 3.57. The zero-order valence-electron chi connectivity index (χ0n) is 7.62. The van der Waals surface area contributed by atoms with Gasteiger partial charge in [-0.05, 0) is 45.8 Å². The largest absolute Gasteiger partial charge is 0.497 e. The number of ether oxygens (including phenoxy) is 1. The number of methoxy groups -OCH3 is 1. The van der Waals surface area contributed by atoms with Gasteiger partial charge in [-0.3, -0.25) is 0 Å². The van der Waals surface area contributed by atoms with Gasteiger partial charge < -0.3 is 9.72 Å². The summed E-state index contributed by atoms with van der Waals surface area (Å²) in [5.74, 6) is 0.854. The van der Waals surface area contributed by atoms with Crippen molar-refractivity contribution >= 4 is 15.9 Å². The molecule has 1 N–H and O–H groups in total. The first-order valence-corrected chi connectivity index (χ1v) is 4.94. The van der Waals surface area contributed by atoms with Crippen molar-refractivity contribution in [2.75, 3.05) is 7.11 Å². The first kappa shape index (κ1) is 9.27. The minimum atomic E-state index is 0.739. The van der Waals surface area contributed by atoms with Crippen LogP contribution in [0, 0.1) is 0 Å². The fourth-order valence-corrected chi connectivity index (χ4v) is 1.53. The molecular formula is C10H9BrN2O. The van der Waals surface area contributed by atoms with Crippen molar-refractivity contribution in [3.63, 3.8) is 0 Å². The highest BCUT2D eigenvalue weighted by molar-refractivity contribution is 9.10. The summed E-state index contributed by atoms with van der Waals surface area (Å²) in [5, 5.41) is 0. The summed E-state index contributed by atoms with van der Waals surface area (Å²) < 4.78 is 5.81. The molecule has 1 aromatic heterocycles. The highest BCUT2D eigenvalue weighted by atomic mass is 79.9. The van der Waals surface area contributed by atoms with Gasteiger partial charge in [0.05, 0.1) is 19.0 Å². The molecule has 0 radical (unpaired) electrons. The number of benzene rings is 1. The Morgan fingerprint density at radius 1 is 1.29 bits per heavy atom. The molecule has 1 aromatic carbocycles. The van der Waals surface area contributed by atoms with Crippen LogP contribution < -0.4 is 4.74 Å². The Balaban J connectivity index is 2.33. The van der Waals surface area contributed by atoms with Gasteiger partial charge >= 0.3 is 0 Å². The van der Waals surface area contributed by atoms with E-state index in [-0.39, 0.29) is 0 Å². The molecule has 3 nitrogen and oxygen atoms in total. The van der Waals surface area contributed by atoms with Gasteiger partial charge in [-0.25, -0.2) is 4.98 Å². The molecule has 0 saturated heterocycles. The summed E-state index contributed by atoms with van der Waals surface area (Å²) in [6.45, 7) is 0. The maximum atomic E-state index is 5.08. The fraction of sp³-hybridized carbons (Fsp3) is 0.100. The second-order valence-electron chi connectivity index (χ2n) is 2.82. The Morgan fingerprint density at radius 3 is 2.50 bits per heavy atom. The van der Waals surface area contributed by atoms with Gasteiger partial charge in [-0.1, -0.05) is 0 Å². The summed E-state index contributed by atoms with van der Waals surface area (Å²) in [5.41, 5.74) is 2.07. The van der Waals surface area contributed by atoms with E-state index in [9.17, 15) is 0 Å². The molecule has 72 valence electrons. The smallest absolute Gasteiger partial charge is 0.174 e. The lowest BCUT2D eigenvalue weighted by molar-refractivity contribution is 0.415. The fourth-order valence-electron chi connectivity index (χ4n) is 1.21. The maximum Gasteiger partial charge on any atom is 0.174 e. The Morgan fingerprint density at radius 2 is 2.00 bits per heavy atom. The number of aromatic nitrogens is 2. The van der Waals surface area contributed by atoms with E-state index in [1.807, 2.05) is 24.3 Å². The van der Waals surface area contributed by atoms with Crippen LogP contribution in [-0.4, -0.2) is 17.1 Å². The predicted octanol–water partition coefficient (Wildman–Crippen LogP) is 2.85. The van der Waals surface area contributed by atoms with Gasteiger partial charge in [0.1, 0.15) is 5.75 Å². The van der Waals surface area contributed by atoms with Crippen LogP contribution >= 0.6 is 15.9 Å². The number of imidazole rings is 1. The van der Waals surface area contributed by atoms with Gasteiger partial charge in [-0.2, -0.15) is 0 Å². The average molecular weight is 253 g/mol. The molecular weight excluding hydrogens is 244 g/mol. The van der Waals surface area contributed by atoms with E-state index in [1.54, 1.807) is 13.3 Å². The normalized spacial score (nSPS) is 10.1. The van der Waals surface area contributed by atoms with Crippen molar-refractivity contribution in [2.45, 2.75) is 0 Å². The van der Waals surface area contributed by atoms with Crippen LogP contribution in [0.2, 0.25) is 0 Å². The number of halogens is 1. The Hall–Kier alpha value is -1.29. The first-order chi connectivity index (χ1) is 6.79. The number of nitrogens with zero attached hydrogens (tertiary/aromatic N) is 1. The molecule has 2 rings (SSSR count). The third-order valence-electron chi connectivity index (χ3n) is 1.95. The minimum Gasteiger partial charge on any atom is -0.497 e. The Labute approximate surface area is 90.3 Å². The third kappa shape index (κ3) is 1.80. The predicted molar refractivity (Wildman–Crippen MR) is 58.3 cm³/mol. The topological polar surface area (TPSA) is 37.9 Å². The van der Waals surface area contributed by atoms with E-state index >= 15 is 0 Å². The van der Waals surface area contributed by atoms with Crippen LogP contribution in [0.1, 0.15) is 0 Å². The van der Waals surface area contributed by atoms with E-state index in [2.05, 4.69) is 25.9 Å². The number of H-pyrrole nitrogens is 1. The van der Waals surface area contributed by atoms with E-state index in [0.717, 1.165) is 21.7 Å². The van der Waals surface area contributed by atoms with E-state index in [0.29, 0.717) is 0 Å². The summed E-state index contributed by atoms with van der Waals surface area (Å²) in [6, 6.07) is 7.81. The quantitative estimate of drug-likeness (QED) is 0.893. The van der Waals surface area contributed by atoms with Crippen molar-refractivity contribution in [3.05, 3.63) is 35.2 Å². The molecule has 2 aromatic rings. The van der Waals surface area contributed by atoms with Crippen LogP contribution in [0.4, 0.5) is 0 Å². The number of aromatic amines is 1. The van der Waals surface area contributed by atoms with Gasteiger partial charge in [-0.15, -0.1) is 0 Å². The van der Waals surface area contributed by atoms with Gasteiger partial charge in [0.25, 0.3) is 0 Å². The molecule has 0 saturated carbocycles. The molecule has 0 bridgehead atoms. The summed E-state index contributed by atoms with van der Waals surface area (Å²) in [4.78, 5) is 7.16. The first-order valence-electron chi connectivity index (χ1n) is 4.14. The molecule has 0 aliphatic rings. The molecule has 0 fully saturated rings. The maximum absolute atomic E-state index is 5.08. The van der Waals surface area contributed by atoms with Crippen molar-refractivity contribution in [2.24, 2.45) is 0 Å². The highest BCUT2D eigenvalue weighted by Gasteiger charge is 2.00. The van der Waals surface area contributed by atoms with E-state index < -0.39 is 0 Å². The van der Waals surface area contributed by atoms with Crippen LogP contribution in [0.15, 0.2) is 35.2 Å². The molecule has 0 aliphatic heterocycles. The van der Waals surface area contributed by atoms with Gasteiger partial charge in [0.15, 0.2) is 4.73 Å². The van der Waals surface area contributed by atoms with Crippen LogP contribution in [0.25, 0.3) is 11.3 Å². The van der Waals surface area contributed by atoms with Gasteiger partial charge in [0.2, 0.25) is 0 Å². The lowest BCUT2D eigenvalue weighted by Crippen LogP contribution is -1.82. The number of hydrogen-bond acceptors (Lipinski definition) is 2. The average Bonchev–Trinajstić information content (AvgIpc) is 2.65. The molecule has 0 amide bonds. The molecule has 1 heterocycles. The summed E-state index contributed by atoms with van der Waals surface area (Å²) >= 11 is 3.27. The number of nitrogens with one attached hydrogen (secondary N) is 1. The Kier molecular flexibility index (Phi) is 2.54. The molecule has 0 unspecified atom stereocenters. The van der Waals surface area contributed by atoms with Crippen molar-refractivity contribution in [1.82, 2.24) is 9.97 Å². The van der Waals surface area contributed by atoms with E-state index in [4.69, 9.17) is 4.74 Å². The van der Waals surface area contributed by atoms with Crippen molar-refractivity contribution in [3.8, 4) is 17.0 Å². The van der Waals surface area contributed by atoms with Crippen LogP contribution in [0.3, 0.4) is 0 Å². The summed E-state index contributed by atoms with van der Waals surface area (Å²) in [7, 11) is 1.65. The minimum absolute atomic E-state index is 0.739. The van der Waals surface area contributed by atoms with Gasteiger partial charge in [0, 0.05) is 0 Å². The lowest BCUT2D eigenvalue weighted by Gasteiger charge is -2.00. The van der Waals surface area contributed by atoms with Crippen molar-refractivity contribution in [1.29, 1.82) is 0 Å². The zero-order valence-corrected chi connectivity index (χ0v) is 9.21. The lowest BCUT2D eigenvalue weighted by atomic mass is 10.2. The van der Waals surface area contributed by atoms with Crippen LogP contribution in [0.5, 0.6) is 5.75 Å². The monoisotopic (exact) mass is 252 g/mol. The molecule has 14 heavy (non-hydrogen) atoms. The zero-order chi connectivity index (χ0) is 9.97. The standard InChI is InChI=1S/C10H9BrN2O/c1-14-8-4-2-7(3-5-8)9-6-12-10(11)13-9/h2-6H,1H3,(H,12,13). The number of rotatable bonds is 2.